The maximum absolute atomic E-state index is 5.17. The van der Waals surface area contributed by atoms with Crippen LogP contribution in [0.25, 0.3) is 59.3 Å². The van der Waals surface area contributed by atoms with Crippen LogP contribution in [0.4, 0.5) is 0 Å². The Kier molecular flexibility index (Phi) is 3.72. The molecule has 4 heteroatoms. The van der Waals surface area contributed by atoms with Gasteiger partial charge >= 0.3 is 0 Å². The van der Waals surface area contributed by atoms with E-state index in [4.69, 9.17) is 9.97 Å². The van der Waals surface area contributed by atoms with Crippen LogP contribution in [-0.4, -0.2) is 14.5 Å². The Morgan fingerprint density at radius 1 is 0.562 bits per heavy atom. The summed E-state index contributed by atoms with van der Waals surface area (Å²) in [4.78, 5) is 11.2. The van der Waals surface area contributed by atoms with E-state index in [1.165, 1.54) is 15.8 Å². The van der Waals surface area contributed by atoms with Crippen molar-refractivity contribution in [3.8, 4) is 16.8 Å². The van der Waals surface area contributed by atoms with Crippen LogP contribution in [0.15, 0.2) is 103 Å². The number of nitrogens with zero attached hydrogens (tertiary/aromatic N) is 3. The van der Waals surface area contributed by atoms with Crippen molar-refractivity contribution >= 4 is 53.8 Å². The Labute approximate surface area is 188 Å². The van der Waals surface area contributed by atoms with Gasteiger partial charge in [0.25, 0.3) is 0 Å². The fraction of sp³-hybridized carbons (Fsp3) is 0. The van der Waals surface area contributed by atoms with E-state index in [1.54, 1.807) is 11.3 Å². The Balaban J connectivity index is 1.52. The Morgan fingerprint density at radius 2 is 1.25 bits per heavy atom. The van der Waals surface area contributed by atoms with Crippen molar-refractivity contribution in [2.24, 2.45) is 0 Å². The molecule has 3 nitrogen and oxygen atoms in total. The fourth-order valence-electron chi connectivity index (χ4n) is 4.53. The molecule has 0 aliphatic heterocycles. The average Bonchev–Trinajstić information content (AvgIpc) is 3.38. The third kappa shape index (κ3) is 2.53. The molecule has 0 aliphatic carbocycles. The van der Waals surface area contributed by atoms with Gasteiger partial charge in [-0.15, -0.1) is 11.3 Å². The molecule has 0 saturated carbocycles. The lowest BCUT2D eigenvalue weighted by atomic mass is 10.1. The van der Waals surface area contributed by atoms with Crippen molar-refractivity contribution in [2.45, 2.75) is 0 Å². The highest BCUT2D eigenvalue weighted by molar-refractivity contribution is 7.25. The zero-order valence-corrected chi connectivity index (χ0v) is 17.9. The first-order valence-electron chi connectivity index (χ1n) is 10.6. The molecule has 0 unspecified atom stereocenters. The second-order valence-electron chi connectivity index (χ2n) is 7.91. The molecule has 150 valence electrons. The second kappa shape index (κ2) is 6.74. The van der Waals surface area contributed by atoms with E-state index in [0.717, 1.165) is 43.5 Å². The second-order valence-corrected chi connectivity index (χ2v) is 8.94. The average molecular weight is 428 g/mol. The number of hydrogen-bond donors (Lipinski definition) is 0. The summed E-state index contributed by atoms with van der Waals surface area (Å²) in [6.07, 6.45) is 0. The van der Waals surface area contributed by atoms with Crippen LogP contribution in [0.5, 0.6) is 0 Å². The van der Waals surface area contributed by atoms with Crippen LogP contribution in [0, 0.1) is 0 Å². The summed E-state index contributed by atoms with van der Waals surface area (Å²) in [6.45, 7) is 0. The highest BCUT2D eigenvalue weighted by Gasteiger charge is 2.17. The van der Waals surface area contributed by atoms with Crippen molar-refractivity contribution in [3.05, 3.63) is 103 Å². The summed E-state index contributed by atoms with van der Waals surface area (Å²) in [5.41, 5.74) is 7.45. The maximum atomic E-state index is 5.17. The minimum absolute atomic E-state index is 0.898. The minimum Gasteiger partial charge on any atom is -0.293 e. The molecular formula is C28H17N3S. The number of aromatic nitrogens is 3. The molecule has 0 bridgehead atoms. The number of thiophene rings is 1. The third-order valence-corrected chi connectivity index (χ3v) is 7.09. The predicted molar refractivity (Wildman–Crippen MR) is 135 cm³/mol. The molecule has 0 radical (unpaired) electrons. The molecule has 0 N–H and O–H groups in total. The smallest absolute Gasteiger partial charge is 0.165 e. The van der Waals surface area contributed by atoms with E-state index in [2.05, 4.69) is 102 Å². The third-order valence-electron chi connectivity index (χ3n) is 6.04. The Morgan fingerprint density at radius 3 is 2.09 bits per heavy atom. The molecule has 7 rings (SSSR count). The highest BCUT2D eigenvalue weighted by atomic mass is 32.1. The van der Waals surface area contributed by atoms with Gasteiger partial charge in [0.2, 0.25) is 0 Å². The molecule has 3 aromatic heterocycles. The number of fused-ring (bicyclic) bond motifs is 6. The van der Waals surface area contributed by atoms with E-state index in [1.807, 2.05) is 6.07 Å². The number of benzene rings is 4. The first-order valence-corrected chi connectivity index (χ1v) is 11.4. The van der Waals surface area contributed by atoms with Gasteiger partial charge < -0.3 is 0 Å². The van der Waals surface area contributed by atoms with Gasteiger partial charge in [0.05, 0.1) is 5.52 Å². The fourth-order valence-corrected chi connectivity index (χ4v) is 5.55. The van der Waals surface area contributed by atoms with E-state index >= 15 is 0 Å². The van der Waals surface area contributed by atoms with Crippen LogP contribution in [0.2, 0.25) is 0 Å². The predicted octanol–water partition coefficient (Wildman–Crippen LogP) is 7.61. The maximum Gasteiger partial charge on any atom is 0.165 e. The first-order chi connectivity index (χ1) is 15.9. The van der Waals surface area contributed by atoms with Gasteiger partial charge in [0.15, 0.2) is 5.65 Å². The molecule has 0 fully saturated rings. The lowest BCUT2D eigenvalue weighted by Gasteiger charge is -2.08. The molecular weight excluding hydrogens is 410 g/mol. The van der Waals surface area contributed by atoms with E-state index < -0.39 is 0 Å². The van der Waals surface area contributed by atoms with Crippen LogP contribution in [-0.2, 0) is 0 Å². The lowest BCUT2D eigenvalue weighted by Crippen LogP contribution is -1.96. The van der Waals surface area contributed by atoms with E-state index in [-0.39, 0.29) is 0 Å². The Bertz CT molecular complexity index is 1760. The van der Waals surface area contributed by atoms with E-state index in [9.17, 15) is 0 Å². The largest absolute Gasteiger partial charge is 0.293 e. The molecule has 0 amide bonds. The molecule has 4 aromatic carbocycles. The van der Waals surface area contributed by atoms with Crippen molar-refractivity contribution in [3.63, 3.8) is 0 Å². The van der Waals surface area contributed by atoms with E-state index in [0.29, 0.717) is 0 Å². The summed E-state index contributed by atoms with van der Waals surface area (Å²) in [7, 11) is 0. The highest BCUT2D eigenvalue weighted by Crippen LogP contribution is 2.36. The quantitative estimate of drug-likeness (QED) is 0.284. The monoisotopic (exact) mass is 427 g/mol. The Hall–Kier alpha value is -4.02. The van der Waals surface area contributed by atoms with Crippen LogP contribution < -0.4 is 0 Å². The lowest BCUT2D eigenvalue weighted by molar-refractivity contribution is 1.14. The standard InChI is InChI=1S/C28H17N3S/c1-2-8-18(9-3-1)19-14-16-20(17-15-19)31-23-12-6-4-10-21(23)25-27(31)29-26-22-11-5-7-13-24(22)32-28(26)30-25/h1-17H. The van der Waals surface area contributed by atoms with Crippen molar-refractivity contribution in [1.82, 2.24) is 14.5 Å². The van der Waals surface area contributed by atoms with Gasteiger partial charge in [-0.3, -0.25) is 4.57 Å². The van der Waals surface area contributed by atoms with Gasteiger partial charge in [0.1, 0.15) is 15.9 Å². The molecule has 0 spiro atoms. The van der Waals surface area contributed by atoms with Crippen molar-refractivity contribution in [1.29, 1.82) is 0 Å². The van der Waals surface area contributed by atoms with Crippen molar-refractivity contribution in [2.75, 3.05) is 0 Å². The molecule has 7 aromatic rings. The summed E-state index contributed by atoms with van der Waals surface area (Å²) in [5.74, 6) is 0. The first kappa shape index (κ1) is 17.6. The molecule has 32 heavy (non-hydrogen) atoms. The van der Waals surface area contributed by atoms with Gasteiger partial charge in [-0.1, -0.05) is 78.9 Å². The number of hydrogen-bond acceptors (Lipinski definition) is 3. The summed E-state index contributed by atoms with van der Waals surface area (Å²) >= 11 is 1.71. The van der Waals surface area contributed by atoms with Gasteiger partial charge in [-0.2, -0.15) is 0 Å². The van der Waals surface area contributed by atoms with Gasteiger partial charge in [0, 0.05) is 21.2 Å². The normalized spacial score (nSPS) is 11.8. The molecule has 0 saturated heterocycles. The van der Waals surface area contributed by atoms with Gasteiger partial charge in [-0.05, 0) is 35.4 Å². The molecule has 3 heterocycles. The number of rotatable bonds is 2. The SMILES string of the molecule is c1ccc(-c2ccc(-n3c4ccccc4c4nc5sc6ccccc6c5nc43)cc2)cc1. The van der Waals surface area contributed by atoms with Crippen LogP contribution in [0.1, 0.15) is 0 Å². The molecule has 0 atom stereocenters. The topological polar surface area (TPSA) is 30.7 Å². The summed E-state index contributed by atoms with van der Waals surface area (Å²) in [6, 6.07) is 36.0. The van der Waals surface area contributed by atoms with Crippen LogP contribution >= 0.6 is 11.3 Å². The number of para-hydroxylation sites is 1. The zero-order chi connectivity index (χ0) is 21.1. The summed E-state index contributed by atoms with van der Waals surface area (Å²) < 4.78 is 3.46. The summed E-state index contributed by atoms with van der Waals surface area (Å²) in [5, 5.41) is 2.29. The van der Waals surface area contributed by atoms with Crippen LogP contribution in [0.3, 0.4) is 0 Å². The molecule has 0 aliphatic rings. The zero-order valence-electron chi connectivity index (χ0n) is 17.1. The van der Waals surface area contributed by atoms with Gasteiger partial charge in [-0.25, -0.2) is 9.97 Å². The minimum atomic E-state index is 0.898. The van der Waals surface area contributed by atoms with Crippen molar-refractivity contribution < 1.29 is 0 Å².